The van der Waals surface area contributed by atoms with Gasteiger partial charge in [-0.1, -0.05) is 35.8 Å². The minimum absolute atomic E-state index is 0. The molecule has 4 N–H and O–H groups in total. The second kappa shape index (κ2) is 10.8. The van der Waals surface area contributed by atoms with Crippen LogP contribution in [0.15, 0.2) is 33.7 Å². The predicted octanol–water partition coefficient (Wildman–Crippen LogP) is 2.36. The van der Waals surface area contributed by atoms with Gasteiger partial charge in [-0.2, -0.15) is 0 Å². The topological polar surface area (TPSA) is 79.5 Å². The molecule has 0 aromatic heterocycles. The number of benzene rings is 1. The number of guanidine groups is 1. The Morgan fingerprint density at radius 2 is 2.00 bits per heavy atom. The number of carbonyl (C=O) groups is 1. The van der Waals surface area contributed by atoms with Crippen molar-refractivity contribution in [2.45, 2.75) is 13.8 Å². The van der Waals surface area contributed by atoms with Crippen molar-refractivity contribution in [3.05, 3.63) is 34.3 Å². The van der Waals surface area contributed by atoms with E-state index in [9.17, 15) is 4.79 Å². The first-order chi connectivity index (χ1) is 9.49. The average Bonchev–Trinajstić information content (AvgIpc) is 2.41. The molecule has 0 saturated heterocycles. The standard InChI is InChI=1S/C14H21BrN4O.HI/c1-10(2)9-19-14(16)18-7-6-17-13(20)11-4-3-5-12(15)8-11;/h3-5,8,10H,6-7,9H2,1-2H3,(H,17,20)(H3,16,18,19);1H. The fourth-order valence-electron chi connectivity index (χ4n) is 1.44. The summed E-state index contributed by atoms with van der Waals surface area (Å²) < 4.78 is 0.883. The highest BCUT2D eigenvalue weighted by atomic mass is 127. The Hall–Kier alpha value is -0.830. The third-order valence-electron chi connectivity index (χ3n) is 2.43. The Morgan fingerprint density at radius 3 is 2.62 bits per heavy atom. The molecule has 1 aromatic carbocycles. The largest absolute Gasteiger partial charge is 0.370 e. The number of hydrogen-bond acceptors (Lipinski definition) is 2. The lowest BCUT2D eigenvalue weighted by molar-refractivity contribution is 0.0954. The van der Waals surface area contributed by atoms with E-state index >= 15 is 0 Å². The van der Waals surface area contributed by atoms with Gasteiger partial charge in [-0.3, -0.25) is 9.79 Å². The highest BCUT2D eigenvalue weighted by Crippen LogP contribution is 2.11. The van der Waals surface area contributed by atoms with Crippen LogP contribution in [0.25, 0.3) is 0 Å². The maximum absolute atomic E-state index is 11.8. The second-order valence-electron chi connectivity index (χ2n) is 4.81. The summed E-state index contributed by atoms with van der Waals surface area (Å²) in [6.45, 7) is 5.89. The van der Waals surface area contributed by atoms with Crippen LogP contribution in [0.4, 0.5) is 0 Å². The lowest BCUT2D eigenvalue weighted by atomic mass is 10.2. The van der Waals surface area contributed by atoms with Gasteiger partial charge in [0.15, 0.2) is 5.96 Å². The summed E-state index contributed by atoms with van der Waals surface area (Å²) in [5.41, 5.74) is 6.32. The van der Waals surface area contributed by atoms with Crippen molar-refractivity contribution >= 4 is 51.8 Å². The molecule has 0 heterocycles. The van der Waals surface area contributed by atoms with Crippen molar-refractivity contribution in [1.82, 2.24) is 10.6 Å². The molecule has 118 valence electrons. The van der Waals surface area contributed by atoms with Crippen LogP contribution in [0.3, 0.4) is 0 Å². The molecule has 1 rings (SSSR count). The summed E-state index contributed by atoms with van der Waals surface area (Å²) in [5.74, 6) is 0.785. The molecule has 0 spiro atoms. The highest BCUT2D eigenvalue weighted by Gasteiger charge is 2.04. The van der Waals surface area contributed by atoms with E-state index in [0.717, 1.165) is 4.47 Å². The molecule has 0 radical (unpaired) electrons. The van der Waals surface area contributed by atoms with Gasteiger partial charge in [0, 0.05) is 29.7 Å². The van der Waals surface area contributed by atoms with Crippen molar-refractivity contribution in [2.75, 3.05) is 19.6 Å². The molecule has 5 nitrogen and oxygen atoms in total. The molecule has 0 aliphatic heterocycles. The number of hydrogen-bond donors (Lipinski definition) is 3. The Kier molecular flexibility index (Phi) is 10.4. The van der Waals surface area contributed by atoms with Gasteiger partial charge in [0.2, 0.25) is 0 Å². The predicted molar refractivity (Wildman–Crippen MR) is 101 cm³/mol. The zero-order valence-corrected chi connectivity index (χ0v) is 16.1. The van der Waals surface area contributed by atoms with E-state index in [2.05, 4.69) is 45.4 Å². The van der Waals surface area contributed by atoms with Gasteiger partial charge in [-0.25, -0.2) is 0 Å². The Bertz CT molecular complexity index is 480. The number of amides is 1. The van der Waals surface area contributed by atoms with Crippen LogP contribution in [-0.4, -0.2) is 31.5 Å². The monoisotopic (exact) mass is 468 g/mol. The molecule has 7 heteroatoms. The van der Waals surface area contributed by atoms with Gasteiger partial charge in [-0.05, 0) is 24.1 Å². The summed E-state index contributed by atoms with van der Waals surface area (Å²) in [6.07, 6.45) is 0. The molecule has 0 bridgehead atoms. The first kappa shape index (κ1) is 20.2. The first-order valence-electron chi connectivity index (χ1n) is 6.56. The number of nitrogens with two attached hydrogens (primary N) is 1. The van der Waals surface area contributed by atoms with Crippen LogP contribution in [0, 0.1) is 5.92 Å². The Balaban J connectivity index is 0.00000400. The number of carbonyl (C=O) groups excluding carboxylic acids is 1. The maximum Gasteiger partial charge on any atom is 0.251 e. The zero-order chi connectivity index (χ0) is 15.0. The normalized spacial score (nSPS) is 11.0. The quantitative estimate of drug-likeness (QED) is 0.259. The SMILES string of the molecule is CC(C)CN=C(N)NCCNC(=O)c1cccc(Br)c1.I. The van der Waals surface area contributed by atoms with Crippen molar-refractivity contribution in [3.63, 3.8) is 0 Å². The summed E-state index contributed by atoms with van der Waals surface area (Å²) >= 11 is 3.34. The second-order valence-corrected chi connectivity index (χ2v) is 5.73. The summed E-state index contributed by atoms with van der Waals surface area (Å²) in [6, 6.07) is 7.26. The van der Waals surface area contributed by atoms with Crippen molar-refractivity contribution < 1.29 is 4.79 Å². The van der Waals surface area contributed by atoms with Crippen molar-refractivity contribution in [2.24, 2.45) is 16.6 Å². The van der Waals surface area contributed by atoms with Crippen LogP contribution >= 0.6 is 39.9 Å². The molecule has 0 aliphatic carbocycles. The molecule has 0 unspecified atom stereocenters. The summed E-state index contributed by atoms with van der Waals surface area (Å²) in [4.78, 5) is 16.0. The lowest BCUT2D eigenvalue weighted by Crippen LogP contribution is -2.38. The van der Waals surface area contributed by atoms with Gasteiger partial charge in [0.25, 0.3) is 5.91 Å². The minimum atomic E-state index is -0.106. The van der Waals surface area contributed by atoms with E-state index in [-0.39, 0.29) is 29.9 Å². The molecule has 21 heavy (non-hydrogen) atoms. The van der Waals surface area contributed by atoms with Crippen molar-refractivity contribution in [1.29, 1.82) is 0 Å². The molecule has 0 atom stereocenters. The molecule has 0 aliphatic rings. The van der Waals surface area contributed by atoms with Gasteiger partial charge in [0.05, 0.1) is 0 Å². The molecule has 1 amide bonds. The van der Waals surface area contributed by atoms with Crippen LogP contribution in [-0.2, 0) is 0 Å². The summed E-state index contributed by atoms with van der Waals surface area (Å²) in [7, 11) is 0. The molecule has 0 saturated carbocycles. The average molecular weight is 469 g/mol. The van der Waals surface area contributed by atoms with E-state index < -0.39 is 0 Å². The van der Waals surface area contributed by atoms with E-state index in [1.165, 1.54) is 0 Å². The van der Waals surface area contributed by atoms with Crippen LogP contribution in [0.2, 0.25) is 0 Å². The van der Waals surface area contributed by atoms with E-state index in [4.69, 9.17) is 5.73 Å². The molecule has 0 fully saturated rings. The number of halogens is 2. The fourth-order valence-corrected chi connectivity index (χ4v) is 1.83. The van der Waals surface area contributed by atoms with Gasteiger partial charge in [-0.15, -0.1) is 24.0 Å². The van der Waals surface area contributed by atoms with Crippen LogP contribution < -0.4 is 16.4 Å². The van der Waals surface area contributed by atoms with E-state index in [1.54, 1.807) is 12.1 Å². The smallest absolute Gasteiger partial charge is 0.251 e. The van der Waals surface area contributed by atoms with Gasteiger partial charge in [0.1, 0.15) is 0 Å². The lowest BCUT2D eigenvalue weighted by Gasteiger charge is -2.08. The minimum Gasteiger partial charge on any atom is -0.370 e. The molecule has 1 aromatic rings. The zero-order valence-electron chi connectivity index (χ0n) is 12.2. The maximum atomic E-state index is 11.8. The van der Waals surface area contributed by atoms with Gasteiger partial charge >= 0.3 is 0 Å². The third kappa shape index (κ3) is 8.92. The van der Waals surface area contributed by atoms with Gasteiger partial charge < -0.3 is 16.4 Å². The van der Waals surface area contributed by atoms with E-state index in [0.29, 0.717) is 37.1 Å². The Labute approximate surface area is 151 Å². The Morgan fingerprint density at radius 1 is 1.33 bits per heavy atom. The molecular formula is C14H22BrIN4O. The van der Waals surface area contributed by atoms with Crippen molar-refractivity contribution in [3.8, 4) is 0 Å². The fraction of sp³-hybridized carbons (Fsp3) is 0.429. The summed E-state index contributed by atoms with van der Waals surface area (Å²) in [5, 5.41) is 5.77. The highest BCUT2D eigenvalue weighted by molar-refractivity contribution is 14.0. The number of rotatable bonds is 6. The molecular weight excluding hydrogens is 447 g/mol. The van der Waals surface area contributed by atoms with E-state index in [1.807, 2.05) is 12.1 Å². The number of nitrogens with zero attached hydrogens (tertiary/aromatic N) is 1. The van der Waals surface area contributed by atoms with Crippen LogP contribution in [0.1, 0.15) is 24.2 Å². The number of nitrogens with one attached hydrogen (secondary N) is 2. The third-order valence-corrected chi connectivity index (χ3v) is 2.92. The first-order valence-corrected chi connectivity index (χ1v) is 7.36. The van der Waals surface area contributed by atoms with Crippen LogP contribution in [0.5, 0.6) is 0 Å². The number of aliphatic imine (C=N–C) groups is 1.